The lowest BCUT2D eigenvalue weighted by Gasteiger charge is -2.29. The van der Waals surface area contributed by atoms with Crippen molar-refractivity contribution in [2.24, 2.45) is 5.92 Å². The van der Waals surface area contributed by atoms with E-state index < -0.39 is 41.8 Å². The molecule has 13 nitrogen and oxygen atoms in total. The van der Waals surface area contributed by atoms with E-state index in [1.807, 2.05) is 50.2 Å². The minimum atomic E-state index is -0.700. The normalized spacial score (nSPS) is 20.0. The molecule has 2 aliphatic rings. The molecule has 50 heavy (non-hydrogen) atoms. The molecule has 262 valence electrons. The van der Waals surface area contributed by atoms with Gasteiger partial charge in [0.25, 0.3) is 17.7 Å². The lowest BCUT2D eigenvalue weighted by Crippen LogP contribution is -2.50. The van der Waals surface area contributed by atoms with E-state index in [1.54, 1.807) is 19.2 Å². The predicted molar refractivity (Wildman–Crippen MR) is 185 cm³/mol. The summed E-state index contributed by atoms with van der Waals surface area (Å²) in [5.41, 5.74) is 3.30. The second kappa shape index (κ2) is 14.8. The van der Waals surface area contributed by atoms with Gasteiger partial charge in [0.15, 0.2) is 5.69 Å². The van der Waals surface area contributed by atoms with Crippen LogP contribution in [-0.2, 0) is 24.1 Å². The van der Waals surface area contributed by atoms with Gasteiger partial charge in [0.2, 0.25) is 17.7 Å². The fraction of sp³-hybridized carbons (Fsp3) is 0.417. The first-order chi connectivity index (χ1) is 24.0. The number of carbonyl (C=O) groups excluding carboxylic acids is 4. The quantitative estimate of drug-likeness (QED) is 0.277. The van der Waals surface area contributed by atoms with Crippen LogP contribution in [0.15, 0.2) is 46.2 Å². The van der Waals surface area contributed by atoms with Crippen molar-refractivity contribution in [1.29, 1.82) is 0 Å². The van der Waals surface area contributed by atoms with E-state index in [9.17, 15) is 19.2 Å². The standard InChI is InChI=1S/C36H41N7O6S/c1-19(2)29-34-42-30(21(4)49-34)32(46)37-20(3)35-40-27(18-50-35)31(45)38-24(14-22-10-7-6-8-11-22)16-43(17-28(44)41-29)36(47)25-15-23-12-9-13-26(23)39-33(25)48-5/h6-8,10-11,15,18-20,24,29H,9,12-14,16-17H2,1-5H3,(H,37,46)(H,38,45)(H,41,44)/t20-,24-,29+/m1/s1. The van der Waals surface area contributed by atoms with Crippen molar-refractivity contribution in [2.75, 3.05) is 20.2 Å². The molecule has 0 unspecified atom stereocenters. The number of rotatable bonds is 5. The van der Waals surface area contributed by atoms with Crippen LogP contribution in [0.4, 0.5) is 0 Å². The first-order valence-corrected chi connectivity index (χ1v) is 17.6. The highest BCUT2D eigenvalue weighted by molar-refractivity contribution is 7.09. The number of oxazole rings is 1. The van der Waals surface area contributed by atoms with Gasteiger partial charge in [0.05, 0.1) is 25.7 Å². The molecule has 4 aromatic rings. The zero-order valence-corrected chi connectivity index (χ0v) is 29.6. The number of aromatic nitrogens is 3. The van der Waals surface area contributed by atoms with E-state index in [2.05, 4.69) is 30.9 Å². The molecule has 6 rings (SSSR count). The Bertz CT molecular complexity index is 1910. The number of hydrogen-bond acceptors (Lipinski definition) is 10. The predicted octanol–water partition coefficient (Wildman–Crippen LogP) is 4.13. The number of pyridine rings is 1. The van der Waals surface area contributed by atoms with Crippen LogP contribution in [0, 0.1) is 12.8 Å². The fourth-order valence-electron chi connectivity index (χ4n) is 6.32. The largest absolute Gasteiger partial charge is 0.480 e. The van der Waals surface area contributed by atoms with E-state index in [1.165, 1.54) is 23.3 Å². The lowest BCUT2D eigenvalue weighted by molar-refractivity contribution is -0.123. The third kappa shape index (κ3) is 7.54. The monoisotopic (exact) mass is 699 g/mol. The Balaban J connectivity index is 1.42. The second-order valence-electron chi connectivity index (χ2n) is 13.1. The summed E-state index contributed by atoms with van der Waals surface area (Å²) >= 11 is 1.25. The Morgan fingerprint density at radius 3 is 2.58 bits per heavy atom. The molecule has 1 aromatic carbocycles. The summed E-state index contributed by atoms with van der Waals surface area (Å²) < 4.78 is 11.5. The molecule has 4 heterocycles. The summed E-state index contributed by atoms with van der Waals surface area (Å²) in [4.78, 5) is 70.5. The summed E-state index contributed by atoms with van der Waals surface area (Å²) in [5, 5.41) is 11.1. The number of fused-ring (bicyclic) bond motifs is 5. The van der Waals surface area contributed by atoms with Crippen LogP contribution in [0.5, 0.6) is 5.88 Å². The number of hydrogen-bond donors (Lipinski definition) is 3. The van der Waals surface area contributed by atoms with Gasteiger partial charge in [0.1, 0.15) is 28.1 Å². The number of benzene rings is 1. The smallest absolute Gasteiger partial charge is 0.274 e. The number of ether oxygens (including phenoxy) is 1. The maximum atomic E-state index is 14.5. The molecule has 14 heteroatoms. The number of carbonyl (C=O) groups is 4. The van der Waals surface area contributed by atoms with Crippen molar-refractivity contribution in [3.05, 3.63) is 92.2 Å². The highest BCUT2D eigenvalue weighted by atomic mass is 32.1. The number of aryl methyl sites for hydroxylation is 3. The number of methoxy groups -OCH3 is 1. The number of thiazole rings is 1. The lowest BCUT2D eigenvalue weighted by atomic mass is 10.0. The molecule has 4 amide bonds. The van der Waals surface area contributed by atoms with E-state index in [0.717, 1.165) is 36.1 Å². The minimum absolute atomic E-state index is 0.00875. The van der Waals surface area contributed by atoms with Crippen molar-refractivity contribution in [1.82, 2.24) is 35.8 Å². The first kappa shape index (κ1) is 34.7. The van der Waals surface area contributed by atoms with Crippen LogP contribution in [-0.4, -0.2) is 69.7 Å². The number of amides is 4. The highest BCUT2D eigenvalue weighted by Crippen LogP contribution is 2.29. The van der Waals surface area contributed by atoms with Crippen LogP contribution in [0.25, 0.3) is 0 Å². The molecule has 0 fully saturated rings. The van der Waals surface area contributed by atoms with Crippen LogP contribution >= 0.6 is 11.3 Å². The van der Waals surface area contributed by atoms with Crippen LogP contribution in [0.2, 0.25) is 0 Å². The van der Waals surface area contributed by atoms with E-state index in [0.29, 0.717) is 17.2 Å². The topological polar surface area (TPSA) is 169 Å². The molecule has 1 aliphatic heterocycles. The third-order valence-electron chi connectivity index (χ3n) is 8.91. The maximum absolute atomic E-state index is 14.5. The molecule has 0 spiro atoms. The van der Waals surface area contributed by atoms with Gasteiger partial charge in [-0.05, 0) is 62.6 Å². The average molecular weight is 700 g/mol. The van der Waals surface area contributed by atoms with Crippen molar-refractivity contribution >= 4 is 35.0 Å². The summed E-state index contributed by atoms with van der Waals surface area (Å²) in [5.74, 6) is -1.38. The molecule has 0 radical (unpaired) electrons. The van der Waals surface area contributed by atoms with Crippen molar-refractivity contribution < 1.29 is 28.3 Å². The highest BCUT2D eigenvalue weighted by Gasteiger charge is 2.32. The van der Waals surface area contributed by atoms with Gasteiger partial charge < -0.3 is 30.0 Å². The molecular formula is C36H41N7O6S. The Labute approximate surface area is 294 Å². The third-order valence-corrected chi connectivity index (χ3v) is 9.94. The second-order valence-corrected chi connectivity index (χ2v) is 14.0. The molecule has 0 saturated carbocycles. The Hall–Kier alpha value is -5.11. The Morgan fingerprint density at radius 1 is 1.06 bits per heavy atom. The van der Waals surface area contributed by atoms with Gasteiger partial charge in [-0.3, -0.25) is 19.2 Å². The first-order valence-electron chi connectivity index (χ1n) is 16.7. The van der Waals surface area contributed by atoms with Gasteiger partial charge >= 0.3 is 0 Å². The van der Waals surface area contributed by atoms with Crippen LogP contribution < -0.4 is 20.7 Å². The van der Waals surface area contributed by atoms with Crippen LogP contribution in [0.3, 0.4) is 0 Å². The van der Waals surface area contributed by atoms with Crippen molar-refractivity contribution in [3.8, 4) is 5.88 Å². The van der Waals surface area contributed by atoms with Crippen molar-refractivity contribution in [3.63, 3.8) is 0 Å². The molecule has 3 atom stereocenters. The zero-order chi connectivity index (χ0) is 35.5. The summed E-state index contributed by atoms with van der Waals surface area (Å²) in [7, 11) is 1.47. The van der Waals surface area contributed by atoms with Gasteiger partial charge in [-0.25, -0.2) is 15.0 Å². The van der Waals surface area contributed by atoms with E-state index in [-0.39, 0.29) is 47.7 Å². The zero-order valence-electron chi connectivity index (χ0n) is 28.7. The number of nitrogens with one attached hydrogen (secondary N) is 3. The van der Waals surface area contributed by atoms with Gasteiger partial charge in [-0.15, -0.1) is 11.3 Å². The van der Waals surface area contributed by atoms with Crippen LogP contribution in [0.1, 0.15) is 104 Å². The summed E-state index contributed by atoms with van der Waals surface area (Å²) in [6, 6.07) is 9.55. The van der Waals surface area contributed by atoms with Gasteiger partial charge in [0, 0.05) is 17.6 Å². The fourth-order valence-corrected chi connectivity index (χ4v) is 7.13. The van der Waals surface area contributed by atoms with Crippen molar-refractivity contribution in [2.45, 2.75) is 71.5 Å². The minimum Gasteiger partial charge on any atom is -0.480 e. The average Bonchev–Trinajstić information content (AvgIpc) is 3.86. The van der Waals surface area contributed by atoms with Gasteiger partial charge in [-0.2, -0.15) is 0 Å². The van der Waals surface area contributed by atoms with Gasteiger partial charge in [-0.1, -0.05) is 44.2 Å². The molecule has 0 saturated heterocycles. The summed E-state index contributed by atoms with van der Waals surface area (Å²) in [6.07, 6.45) is 2.89. The van der Waals surface area contributed by atoms with E-state index >= 15 is 0 Å². The molecule has 1 aliphatic carbocycles. The number of nitrogens with zero attached hydrogens (tertiary/aromatic N) is 4. The summed E-state index contributed by atoms with van der Waals surface area (Å²) in [6.45, 7) is 6.84. The maximum Gasteiger partial charge on any atom is 0.274 e. The molecule has 3 N–H and O–H groups in total. The molecule has 3 aromatic heterocycles. The SMILES string of the molecule is COc1nc2c(cc1C(=O)N1CC(=O)N[C@@H](C(C)C)c3nc(c(C)o3)C(=O)N[C@H](C)c3nc(cs3)C(=O)N[C@H](Cc3ccccc3)C1)CCC2. The Kier molecular flexibility index (Phi) is 10.3. The molecular weight excluding hydrogens is 659 g/mol. The Morgan fingerprint density at radius 2 is 1.84 bits per heavy atom. The molecule has 4 bridgehead atoms. The van der Waals surface area contributed by atoms with E-state index in [4.69, 9.17) is 9.15 Å².